The van der Waals surface area contributed by atoms with Crippen molar-refractivity contribution >= 4 is 45.8 Å². The molecule has 0 saturated carbocycles. The van der Waals surface area contributed by atoms with Crippen LogP contribution in [0.25, 0.3) is 0 Å². The topological polar surface area (TPSA) is 71.1 Å². The first kappa shape index (κ1) is 34.8. The summed E-state index contributed by atoms with van der Waals surface area (Å²) in [5.41, 5.74) is -16.4. The maximum atomic E-state index is 15.1. The van der Waals surface area contributed by atoms with Crippen molar-refractivity contribution in [3.63, 3.8) is 0 Å². The summed E-state index contributed by atoms with van der Waals surface area (Å²) >= 11 is 0.802. The lowest BCUT2D eigenvalue weighted by Gasteiger charge is -2.31. The number of benzene rings is 2. The molecule has 0 aliphatic heterocycles. The van der Waals surface area contributed by atoms with Gasteiger partial charge in [-0.15, -0.1) is 0 Å². The van der Waals surface area contributed by atoms with Crippen LogP contribution in [0.4, 0.5) is 72.8 Å². The minimum atomic E-state index is -6.76. The number of carbonyl (C=O) groups excluding carboxylic acids is 2. The van der Waals surface area contributed by atoms with Crippen LogP contribution < -0.4 is 10.6 Å². The quantitative estimate of drug-likeness (QED) is 0.202. The van der Waals surface area contributed by atoms with Crippen LogP contribution in [0.1, 0.15) is 37.5 Å². The third-order valence-corrected chi connectivity index (χ3v) is 6.47. The molecule has 0 aliphatic rings. The third-order valence-electron chi connectivity index (χ3n) is 5.62. The van der Waals surface area contributed by atoms with Crippen LogP contribution in [0.15, 0.2) is 48.7 Å². The Balaban J connectivity index is 2.00. The molecule has 5 nitrogen and oxygen atoms in total. The van der Waals surface area contributed by atoms with Crippen molar-refractivity contribution in [3.8, 4) is 0 Å². The van der Waals surface area contributed by atoms with Gasteiger partial charge in [0.15, 0.2) is 5.82 Å². The molecular formula is C24H10F14IN3O2. The highest BCUT2D eigenvalue weighted by atomic mass is 127. The van der Waals surface area contributed by atoms with E-state index in [1.54, 1.807) is 0 Å². The van der Waals surface area contributed by atoms with Crippen molar-refractivity contribution < 1.29 is 71.1 Å². The summed E-state index contributed by atoms with van der Waals surface area (Å²) in [6, 6.07) is 2.44. The molecule has 3 rings (SSSR count). The molecule has 44 heavy (non-hydrogen) atoms. The predicted molar refractivity (Wildman–Crippen MR) is 131 cm³/mol. The van der Waals surface area contributed by atoms with E-state index in [0.717, 1.165) is 34.7 Å². The fourth-order valence-electron chi connectivity index (χ4n) is 3.52. The molecule has 0 spiro atoms. The van der Waals surface area contributed by atoms with E-state index in [0.29, 0.717) is 24.4 Å². The number of alkyl halides is 13. The van der Waals surface area contributed by atoms with Gasteiger partial charge in [0.25, 0.3) is 11.8 Å². The number of nitrogens with zero attached hydrogens (tertiary/aromatic N) is 1. The number of pyridine rings is 1. The predicted octanol–water partition coefficient (Wildman–Crippen LogP) is 8.66. The molecule has 0 saturated heterocycles. The lowest BCUT2D eigenvalue weighted by Crippen LogP contribution is -2.50. The molecule has 0 unspecified atom stereocenters. The van der Waals surface area contributed by atoms with Gasteiger partial charge in [0.2, 0.25) is 0 Å². The highest BCUT2D eigenvalue weighted by Gasteiger charge is 2.73. The molecule has 2 aromatic carbocycles. The van der Waals surface area contributed by atoms with Crippen molar-refractivity contribution in [3.05, 3.63) is 86.0 Å². The number of amides is 2. The van der Waals surface area contributed by atoms with Gasteiger partial charge in [0.05, 0.1) is 28.1 Å². The minimum Gasteiger partial charge on any atom is -0.320 e. The average molecular weight is 765 g/mol. The van der Waals surface area contributed by atoms with E-state index in [1.807, 2.05) is 5.32 Å². The molecular weight excluding hydrogens is 755 g/mol. The molecule has 2 N–H and O–H groups in total. The van der Waals surface area contributed by atoms with Crippen molar-refractivity contribution in [2.75, 3.05) is 10.6 Å². The van der Waals surface area contributed by atoms with Crippen molar-refractivity contribution in [2.45, 2.75) is 30.4 Å². The third kappa shape index (κ3) is 6.83. The van der Waals surface area contributed by atoms with E-state index in [1.165, 1.54) is 5.32 Å². The Morgan fingerprint density at radius 1 is 0.727 bits per heavy atom. The van der Waals surface area contributed by atoms with Gasteiger partial charge < -0.3 is 10.6 Å². The Hall–Kier alpha value is -3.72. The Morgan fingerprint density at radius 2 is 1.32 bits per heavy atom. The first-order valence-electron chi connectivity index (χ1n) is 11.1. The lowest BCUT2D eigenvalue weighted by molar-refractivity contribution is -0.348. The first-order valence-corrected chi connectivity index (χ1v) is 12.2. The summed E-state index contributed by atoms with van der Waals surface area (Å²) in [6.07, 6.45) is -23.7. The summed E-state index contributed by atoms with van der Waals surface area (Å²) in [5.74, 6) is -4.60. The summed E-state index contributed by atoms with van der Waals surface area (Å²) in [7, 11) is 0. The van der Waals surface area contributed by atoms with Gasteiger partial charge in [0.1, 0.15) is 5.69 Å². The number of rotatable bonds is 5. The lowest BCUT2D eigenvalue weighted by atomic mass is 9.92. The fraction of sp³-hybridized carbons (Fsp3) is 0.208. The van der Waals surface area contributed by atoms with E-state index in [-0.39, 0.29) is 6.07 Å². The SMILES string of the molecule is O=C(Nc1cccc(C(=O)Nc2c(I)cc(C(F)(C(F)(F)F)C(F)(F)F)cc2C(F)(F)F)c1F)c1ccc(C(F)(F)F)nc1. The molecule has 1 heterocycles. The van der Waals surface area contributed by atoms with Gasteiger partial charge in [-0.1, -0.05) is 6.07 Å². The van der Waals surface area contributed by atoms with Gasteiger partial charge in [-0.05, 0) is 59.0 Å². The van der Waals surface area contributed by atoms with Gasteiger partial charge >= 0.3 is 30.4 Å². The molecule has 2 amide bonds. The van der Waals surface area contributed by atoms with Crippen LogP contribution in [0, 0.1) is 9.39 Å². The molecule has 0 fully saturated rings. The van der Waals surface area contributed by atoms with Crippen LogP contribution in [-0.2, 0) is 18.0 Å². The summed E-state index contributed by atoms with van der Waals surface area (Å²) in [5, 5.41) is 3.40. The second-order valence-corrected chi connectivity index (χ2v) is 9.70. The Morgan fingerprint density at radius 3 is 1.80 bits per heavy atom. The Kier molecular flexibility index (Phi) is 9.21. The molecule has 0 radical (unpaired) electrons. The summed E-state index contributed by atoms with van der Waals surface area (Å²) in [6.45, 7) is 0. The number of anilines is 2. The smallest absolute Gasteiger partial charge is 0.320 e. The van der Waals surface area contributed by atoms with E-state index in [9.17, 15) is 66.7 Å². The molecule has 0 atom stereocenters. The van der Waals surface area contributed by atoms with E-state index in [2.05, 4.69) is 4.98 Å². The second-order valence-electron chi connectivity index (χ2n) is 8.54. The normalized spacial score (nSPS) is 13.1. The van der Waals surface area contributed by atoms with Crippen LogP contribution in [0.5, 0.6) is 0 Å². The number of hydrogen-bond donors (Lipinski definition) is 2. The van der Waals surface area contributed by atoms with Gasteiger partial charge in [-0.2, -0.15) is 52.7 Å². The Bertz CT molecular complexity index is 1570. The zero-order valence-corrected chi connectivity index (χ0v) is 22.7. The van der Waals surface area contributed by atoms with Crippen LogP contribution in [0.2, 0.25) is 0 Å². The van der Waals surface area contributed by atoms with Gasteiger partial charge in [-0.25, -0.2) is 8.78 Å². The standard InChI is InChI=1S/C24H10F14IN3O2/c25-16-11(2-1-3-14(16)41-18(43)9-4-5-15(40-8-9)22(30,31)32)19(44)42-17-12(21(27,28)29)6-10(7-13(17)39)20(26,23(33,34)35)24(36,37)38/h1-8H,(H,41,43)(H,42,44). The maximum Gasteiger partial charge on any atom is 0.435 e. The van der Waals surface area contributed by atoms with Crippen LogP contribution in [-0.4, -0.2) is 29.2 Å². The fourth-order valence-corrected chi connectivity index (χ4v) is 4.28. The number of halogens is 15. The summed E-state index contributed by atoms with van der Waals surface area (Å²) in [4.78, 5) is 28.1. The number of hydrogen-bond acceptors (Lipinski definition) is 3. The molecule has 0 bridgehead atoms. The van der Waals surface area contributed by atoms with Crippen LogP contribution >= 0.6 is 22.6 Å². The number of carbonyl (C=O) groups is 2. The van der Waals surface area contributed by atoms with E-state index in [4.69, 9.17) is 0 Å². The number of aromatic nitrogens is 1. The first-order chi connectivity index (χ1) is 19.9. The maximum absolute atomic E-state index is 15.1. The average Bonchev–Trinajstić information content (AvgIpc) is 2.87. The second kappa shape index (κ2) is 11.7. The summed E-state index contributed by atoms with van der Waals surface area (Å²) < 4.78 is 187. The van der Waals surface area contributed by atoms with Gasteiger partial charge in [0, 0.05) is 15.3 Å². The van der Waals surface area contributed by atoms with Crippen LogP contribution in [0.3, 0.4) is 0 Å². The van der Waals surface area contributed by atoms with E-state index < -0.39 is 97.0 Å². The monoisotopic (exact) mass is 765 g/mol. The molecule has 238 valence electrons. The zero-order chi connectivity index (χ0) is 33.6. The number of nitrogens with one attached hydrogen (secondary N) is 2. The highest BCUT2D eigenvalue weighted by Crippen LogP contribution is 2.54. The molecule has 20 heteroatoms. The zero-order valence-electron chi connectivity index (χ0n) is 20.6. The molecule has 3 aromatic rings. The van der Waals surface area contributed by atoms with Crippen molar-refractivity contribution in [1.82, 2.24) is 4.98 Å². The highest BCUT2D eigenvalue weighted by molar-refractivity contribution is 14.1. The van der Waals surface area contributed by atoms with E-state index >= 15 is 4.39 Å². The molecule has 1 aromatic heterocycles. The molecule has 0 aliphatic carbocycles. The van der Waals surface area contributed by atoms with Crippen molar-refractivity contribution in [1.29, 1.82) is 0 Å². The Labute approximate surface area is 248 Å². The van der Waals surface area contributed by atoms with Gasteiger partial charge in [-0.3, -0.25) is 14.6 Å². The minimum absolute atomic E-state index is 0.239. The van der Waals surface area contributed by atoms with Crippen molar-refractivity contribution in [2.24, 2.45) is 0 Å². The largest absolute Gasteiger partial charge is 0.435 e.